The molecule has 0 spiro atoms. The van der Waals surface area contributed by atoms with Gasteiger partial charge >= 0.3 is 0 Å². The van der Waals surface area contributed by atoms with Gasteiger partial charge in [0.25, 0.3) is 5.56 Å². The number of hydrogen-bond donors (Lipinski definition) is 3. The van der Waals surface area contributed by atoms with Crippen LogP contribution in [0.1, 0.15) is 19.2 Å². The predicted molar refractivity (Wildman–Crippen MR) is 73.9 cm³/mol. The van der Waals surface area contributed by atoms with Crippen molar-refractivity contribution in [2.45, 2.75) is 25.8 Å². The van der Waals surface area contributed by atoms with E-state index in [4.69, 9.17) is 5.73 Å². The molecule has 5 nitrogen and oxygen atoms in total. The lowest BCUT2D eigenvalue weighted by Gasteiger charge is -2.10. The number of halogens is 1. The number of nitrogens with one attached hydrogen (secondary N) is 1. The van der Waals surface area contributed by atoms with Crippen LogP contribution in [0.3, 0.4) is 0 Å². The van der Waals surface area contributed by atoms with Crippen LogP contribution in [0.4, 0.5) is 4.39 Å². The van der Waals surface area contributed by atoms with Crippen LogP contribution in [0, 0.1) is 5.82 Å². The van der Waals surface area contributed by atoms with Crippen molar-refractivity contribution in [3.63, 3.8) is 0 Å². The Hall–Kier alpha value is -2.21. The maximum absolute atomic E-state index is 13.7. The molecule has 0 amide bonds. The number of nitrogens with zero attached hydrogens (tertiary/aromatic N) is 1. The Kier molecular flexibility index (Phi) is 4.14. The van der Waals surface area contributed by atoms with Crippen LogP contribution in [-0.2, 0) is 6.42 Å². The summed E-state index contributed by atoms with van der Waals surface area (Å²) in [5.41, 5.74) is 5.04. The first kappa shape index (κ1) is 14.2. The fourth-order valence-electron chi connectivity index (χ4n) is 1.90. The summed E-state index contributed by atoms with van der Waals surface area (Å²) < 4.78 is 13.7. The molecule has 1 aromatic heterocycles. The summed E-state index contributed by atoms with van der Waals surface area (Å²) in [7, 11) is 0. The van der Waals surface area contributed by atoms with Crippen molar-refractivity contribution < 1.29 is 9.50 Å². The Morgan fingerprint density at radius 2 is 2.15 bits per heavy atom. The molecule has 1 aromatic carbocycles. The van der Waals surface area contributed by atoms with Crippen LogP contribution >= 0.6 is 0 Å². The molecule has 1 atom stereocenters. The molecule has 0 aliphatic rings. The minimum atomic E-state index is -0.590. The number of aromatic hydroxyl groups is 1. The summed E-state index contributed by atoms with van der Waals surface area (Å²) in [5, 5.41) is 9.90. The Balaban J connectivity index is 2.47. The van der Waals surface area contributed by atoms with Crippen molar-refractivity contribution in [2.75, 3.05) is 0 Å². The first-order valence-electron chi connectivity index (χ1n) is 6.35. The average Bonchev–Trinajstić information content (AvgIpc) is 2.40. The molecule has 2 rings (SSSR count). The number of rotatable bonds is 4. The first-order valence-corrected chi connectivity index (χ1v) is 6.35. The fourth-order valence-corrected chi connectivity index (χ4v) is 1.90. The van der Waals surface area contributed by atoms with E-state index in [1.807, 2.05) is 6.92 Å². The van der Waals surface area contributed by atoms with Gasteiger partial charge in [0.15, 0.2) is 0 Å². The molecule has 0 saturated carbocycles. The highest BCUT2D eigenvalue weighted by molar-refractivity contribution is 5.67. The number of benzene rings is 1. The predicted octanol–water partition coefficient (Wildman–Crippen LogP) is 1.56. The van der Waals surface area contributed by atoms with E-state index in [1.54, 1.807) is 6.07 Å². The van der Waals surface area contributed by atoms with E-state index < -0.39 is 17.3 Å². The molecule has 4 N–H and O–H groups in total. The van der Waals surface area contributed by atoms with Crippen LogP contribution in [0.2, 0.25) is 0 Å². The summed E-state index contributed by atoms with van der Waals surface area (Å²) >= 11 is 0. The number of H-pyrrole nitrogens is 1. The molecule has 1 heterocycles. The molecular weight excluding hydrogens is 261 g/mol. The summed E-state index contributed by atoms with van der Waals surface area (Å²) in [6.07, 6.45) is 1.07. The van der Waals surface area contributed by atoms with Crippen molar-refractivity contribution in [2.24, 2.45) is 5.73 Å². The summed E-state index contributed by atoms with van der Waals surface area (Å²) in [6, 6.07) is 5.56. The summed E-state index contributed by atoms with van der Waals surface area (Å²) in [4.78, 5) is 18.4. The van der Waals surface area contributed by atoms with Gasteiger partial charge in [-0.25, -0.2) is 4.39 Å². The number of aromatic amines is 1. The van der Waals surface area contributed by atoms with Gasteiger partial charge in [-0.05, 0) is 12.5 Å². The molecule has 20 heavy (non-hydrogen) atoms. The normalized spacial score (nSPS) is 12.3. The van der Waals surface area contributed by atoms with E-state index >= 15 is 0 Å². The molecule has 0 radical (unpaired) electrons. The topological polar surface area (TPSA) is 92.0 Å². The van der Waals surface area contributed by atoms with Crippen molar-refractivity contribution >= 4 is 0 Å². The molecule has 0 aliphatic heterocycles. The van der Waals surface area contributed by atoms with Gasteiger partial charge in [0.05, 0.1) is 0 Å². The van der Waals surface area contributed by atoms with E-state index in [0.717, 1.165) is 6.42 Å². The average molecular weight is 277 g/mol. The molecule has 0 saturated heterocycles. The highest BCUT2D eigenvalue weighted by Crippen LogP contribution is 2.25. The van der Waals surface area contributed by atoms with Gasteiger partial charge < -0.3 is 15.8 Å². The van der Waals surface area contributed by atoms with Gasteiger partial charge in [0.2, 0.25) is 5.88 Å². The molecule has 1 unspecified atom stereocenters. The van der Waals surface area contributed by atoms with Crippen molar-refractivity contribution in [3.05, 3.63) is 46.3 Å². The van der Waals surface area contributed by atoms with Gasteiger partial charge in [-0.3, -0.25) is 4.79 Å². The van der Waals surface area contributed by atoms with E-state index in [9.17, 15) is 14.3 Å². The maximum atomic E-state index is 13.7. The molecule has 0 aliphatic carbocycles. The van der Waals surface area contributed by atoms with Crippen molar-refractivity contribution in [3.8, 4) is 17.0 Å². The number of nitrogens with two attached hydrogens (primary N) is 1. The molecule has 0 bridgehead atoms. The van der Waals surface area contributed by atoms with Crippen molar-refractivity contribution in [1.29, 1.82) is 0 Å². The lowest BCUT2D eigenvalue weighted by molar-refractivity contribution is 0.447. The van der Waals surface area contributed by atoms with E-state index in [2.05, 4.69) is 9.97 Å². The first-order chi connectivity index (χ1) is 9.52. The zero-order valence-electron chi connectivity index (χ0n) is 11.1. The SMILES string of the molecule is CCC(N)Cc1nc(O)c(-c2ccccc2F)c(=O)[nH]1. The molecular formula is C14H16FN3O2. The smallest absolute Gasteiger partial charge is 0.262 e. The second-order valence-corrected chi connectivity index (χ2v) is 4.56. The van der Waals surface area contributed by atoms with Crippen LogP contribution in [0.5, 0.6) is 5.88 Å². The summed E-state index contributed by atoms with van der Waals surface area (Å²) in [5.74, 6) is -0.785. The van der Waals surface area contributed by atoms with Gasteiger partial charge in [-0.15, -0.1) is 0 Å². The van der Waals surface area contributed by atoms with Crippen LogP contribution in [0.15, 0.2) is 29.1 Å². The standard InChI is InChI=1S/C14H16FN3O2/c1-2-8(16)7-11-17-13(19)12(14(20)18-11)9-5-3-4-6-10(9)15/h3-6,8H,2,7,16H2,1H3,(H2,17,18,19,20). The largest absolute Gasteiger partial charge is 0.493 e. The van der Waals surface area contributed by atoms with Crippen LogP contribution < -0.4 is 11.3 Å². The molecule has 6 heteroatoms. The van der Waals surface area contributed by atoms with E-state index in [0.29, 0.717) is 12.2 Å². The van der Waals surface area contributed by atoms with Gasteiger partial charge in [0, 0.05) is 18.0 Å². The van der Waals surface area contributed by atoms with Crippen LogP contribution in [0.25, 0.3) is 11.1 Å². The van der Waals surface area contributed by atoms with Crippen LogP contribution in [-0.4, -0.2) is 21.1 Å². The Morgan fingerprint density at radius 3 is 2.75 bits per heavy atom. The monoisotopic (exact) mass is 277 g/mol. The van der Waals surface area contributed by atoms with Crippen molar-refractivity contribution in [1.82, 2.24) is 9.97 Å². The highest BCUT2D eigenvalue weighted by Gasteiger charge is 2.16. The maximum Gasteiger partial charge on any atom is 0.262 e. The Labute approximate surface area is 115 Å². The second-order valence-electron chi connectivity index (χ2n) is 4.56. The van der Waals surface area contributed by atoms with Gasteiger partial charge in [-0.1, -0.05) is 25.1 Å². The molecule has 106 valence electrons. The Morgan fingerprint density at radius 1 is 1.45 bits per heavy atom. The zero-order chi connectivity index (χ0) is 14.7. The Bertz CT molecular complexity index is 670. The third-order valence-corrected chi connectivity index (χ3v) is 3.07. The molecule has 0 fully saturated rings. The zero-order valence-corrected chi connectivity index (χ0v) is 11.1. The summed E-state index contributed by atoms with van der Waals surface area (Å²) in [6.45, 7) is 1.91. The minimum Gasteiger partial charge on any atom is -0.493 e. The van der Waals surface area contributed by atoms with Gasteiger partial charge in [-0.2, -0.15) is 4.98 Å². The number of aromatic nitrogens is 2. The minimum absolute atomic E-state index is 0.0186. The number of hydrogen-bond acceptors (Lipinski definition) is 4. The van der Waals surface area contributed by atoms with Gasteiger partial charge in [0.1, 0.15) is 17.2 Å². The third kappa shape index (κ3) is 2.85. The molecule has 2 aromatic rings. The van der Waals surface area contributed by atoms with E-state index in [-0.39, 0.29) is 17.2 Å². The fraction of sp³-hybridized carbons (Fsp3) is 0.286. The quantitative estimate of drug-likeness (QED) is 0.790. The third-order valence-electron chi connectivity index (χ3n) is 3.07. The lowest BCUT2D eigenvalue weighted by atomic mass is 10.1. The second kappa shape index (κ2) is 5.83. The lowest BCUT2D eigenvalue weighted by Crippen LogP contribution is -2.25. The van der Waals surface area contributed by atoms with E-state index in [1.165, 1.54) is 18.2 Å². The highest BCUT2D eigenvalue weighted by atomic mass is 19.1.